The topological polar surface area (TPSA) is 75.3 Å². The fraction of sp³-hybridized carbons (Fsp3) is 0.136. The SMILES string of the molecule is Cc1ccccc1NC(=O)[C@H](Cc1ccccc1)NS(=O)(=O)c1ccc(Cl)cc1. The summed E-state index contributed by atoms with van der Waals surface area (Å²) in [6.07, 6.45) is 0.214. The van der Waals surface area contributed by atoms with Crippen LogP contribution in [0, 0.1) is 6.92 Å². The maximum atomic E-state index is 13.0. The number of hydrogen-bond acceptors (Lipinski definition) is 3. The van der Waals surface area contributed by atoms with Crippen LogP contribution in [0.25, 0.3) is 0 Å². The molecule has 2 N–H and O–H groups in total. The molecular weight excluding hydrogens is 408 g/mol. The summed E-state index contributed by atoms with van der Waals surface area (Å²) in [5.74, 6) is -0.430. The van der Waals surface area contributed by atoms with Crippen molar-refractivity contribution in [3.63, 3.8) is 0 Å². The molecule has 0 aromatic heterocycles. The number of amides is 1. The van der Waals surface area contributed by atoms with Gasteiger partial charge >= 0.3 is 0 Å². The number of hydrogen-bond donors (Lipinski definition) is 2. The lowest BCUT2D eigenvalue weighted by Gasteiger charge is -2.19. The largest absolute Gasteiger partial charge is 0.324 e. The zero-order chi connectivity index (χ0) is 20.9. The number of halogens is 1. The number of aryl methyl sites for hydroxylation is 1. The Balaban J connectivity index is 1.87. The molecule has 0 unspecified atom stereocenters. The zero-order valence-corrected chi connectivity index (χ0v) is 17.4. The molecule has 3 aromatic rings. The molecule has 0 aliphatic rings. The summed E-state index contributed by atoms with van der Waals surface area (Å²) < 4.78 is 28.2. The van der Waals surface area contributed by atoms with E-state index in [1.807, 2.05) is 55.5 Å². The second-order valence-electron chi connectivity index (χ2n) is 6.62. The first kappa shape index (κ1) is 21.0. The van der Waals surface area contributed by atoms with E-state index in [0.717, 1.165) is 11.1 Å². The lowest BCUT2D eigenvalue weighted by Crippen LogP contribution is -2.45. The second kappa shape index (κ2) is 9.22. The predicted molar refractivity (Wildman–Crippen MR) is 116 cm³/mol. The minimum atomic E-state index is -3.91. The van der Waals surface area contributed by atoms with Gasteiger partial charge in [0.05, 0.1) is 4.90 Å². The third kappa shape index (κ3) is 5.67. The molecule has 0 aliphatic carbocycles. The summed E-state index contributed by atoms with van der Waals surface area (Å²) in [5.41, 5.74) is 2.37. The molecule has 1 atom stereocenters. The van der Waals surface area contributed by atoms with Gasteiger partial charge < -0.3 is 5.32 Å². The summed E-state index contributed by atoms with van der Waals surface area (Å²) in [6.45, 7) is 1.87. The van der Waals surface area contributed by atoms with Crippen LogP contribution in [0.2, 0.25) is 5.02 Å². The molecule has 0 spiro atoms. The Morgan fingerprint density at radius 3 is 2.21 bits per heavy atom. The molecule has 0 fully saturated rings. The quantitative estimate of drug-likeness (QED) is 0.592. The summed E-state index contributed by atoms with van der Waals surface area (Å²) in [6, 6.07) is 21.4. The van der Waals surface area contributed by atoms with Crippen molar-refractivity contribution < 1.29 is 13.2 Å². The van der Waals surface area contributed by atoms with E-state index in [-0.39, 0.29) is 11.3 Å². The van der Waals surface area contributed by atoms with Crippen molar-refractivity contribution in [2.45, 2.75) is 24.3 Å². The van der Waals surface area contributed by atoms with E-state index < -0.39 is 22.0 Å². The molecule has 0 saturated carbocycles. The highest BCUT2D eigenvalue weighted by Gasteiger charge is 2.26. The van der Waals surface area contributed by atoms with Gasteiger partial charge in [-0.3, -0.25) is 4.79 Å². The Morgan fingerprint density at radius 1 is 0.931 bits per heavy atom. The number of anilines is 1. The van der Waals surface area contributed by atoms with Gasteiger partial charge in [-0.25, -0.2) is 8.42 Å². The van der Waals surface area contributed by atoms with Crippen LogP contribution in [0.1, 0.15) is 11.1 Å². The number of para-hydroxylation sites is 1. The van der Waals surface area contributed by atoms with Crippen molar-refractivity contribution in [3.8, 4) is 0 Å². The minimum Gasteiger partial charge on any atom is -0.324 e. The fourth-order valence-electron chi connectivity index (χ4n) is 2.84. The first-order valence-electron chi connectivity index (χ1n) is 9.03. The van der Waals surface area contributed by atoms with E-state index in [0.29, 0.717) is 10.7 Å². The number of carbonyl (C=O) groups excluding carboxylic acids is 1. The van der Waals surface area contributed by atoms with Gasteiger partial charge in [-0.05, 0) is 54.8 Å². The molecule has 5 nitrogen and oxygen atoms in total. The van der Waals surface area contributed by atoms with Crippen LogP contribution in [0.3, 0.4) is 0 Å². The highest BCUT2D eigenvalue weighted by molar-refractivity contribution is 7.89. The van der Waals surface area contributed by atoms with Crippen molar-refractivity contribution in [1.29, 1.82) is 0 Å². The third-order valence-electron chi connectivity index (χ3n) is 4.42. The van der Waals surface area contributed by atoms with Crippen LogP contribution in [0.4, 0.5) is 5.69 Å². The van der Waals surface area contributed by atoms with Crippen LogP contribution in [0.15, 0.2) is 83.8 Å². The Kier molecular flexibility index (Phi) is 6.69. The molecule has 0 aliphatic heterocycles. The normalized spacial score (nSPS) is 12.3. The van der Waals surface area contributed by atoms with Crippen LogP contribution in [-0.2, 0) is 21.2 Å². The summed E-state index contributed by atoms with van der Waals surface area (Å²) in [5, 5.41) is 3.26. The Morgan fingerprint density at radius 2 is 1.55 bits per heavy atom. The maximum absolute atomic E-state index is 13.0. The van der Waals surface area contributed by atoms with E-state index in [9.17, 15) is 13.2 Å². The molecule has 3 rings (SSSR count). The monoisotopic (exact) mass is 428 g/mol. The lowest BCUT2D eigenvalue weighted by molar-refractivity contribution is -0.117. The van der Waals surface area contributed by atoms with E-state index in [1.165, 1.54) is 24.3 Å². The predicted octanol–water partition coefficient (Wildman–Crippen LogP) is 4.18. The molecule has 1 amide bonds. The summed E-state index contributed by atoms with van der Waals surface area (Å²) in [7, 11) is -3.91. The van der Waals surface area contributed by atoms with E-state index in [4.69, 9.17) is 11.6 Å². The number of benzene rings is 3. The lowest BCUT2D eigenvalue weighted by atomic mass is 10.1. The molecule has 7 heteroatoms. The molecule has 3 aromatic carbocycles. The third-order valence-corrected chi connectivity index (χ3v) is 6.16. The molecule has 0 radical (unpaired) electrons. The van der Waals surface area contributed by atoms with Gasteiger partial charge in [-0.15, -0.1) is 0 Å². The average molecular weight is 429 g/mol. The van der Waals surface area contributed by atoms with Gasteiger partial charge in [0, 0.05) is 10.7 Å². The van der Waals surface area contributed by atoms with Crippen molar-refractivity contribution in [2.75, 3.05) is 5.32 Å². The molecule has 150 valence electrons. The smallest absolute Gasteiger partial charge is 0.242 e. The van der Waals surface area contributed by atoms with Crippen LogP contribution < -0.4 is 10.0 Å². The van der Waals surface area contributed by atoms with E-state index in [1.54, 1.807) is 6.07 Å². The van der Waals surface area contributed by atoms with Gasteiger partial charge in [-0.2, -0.15) is 4.72 Å². The minimum absolute atomic E-state index is 0.0450. The van der Waals surface area contributed by atoms with Gasteiger partial charge in [-0.1, -0.05) is 60.1 Å². The van der Waals surface area contributed by atoms with Gasteiger partial charge in [0.2, 0.25) is 15.9 Å². The zero-order valence-electron chi connectivity index (χ0n) is 15.8. The van der Waals surface area contributed by atoms with Crippen LogP contribution in [0.5, 0.6) is 0 Å². The Labute approximate surface area is 175 Å². The standard InChI is InChI=1S/C22H21ClN2O3S/c1-16-7-5-6-10-20(16)24-22(26)21(15-17-8-3-2-4-9-17)25-29(27,28)19-13-11-18(23)12-14-19/h2-14,21,25H,15H2,1H3,(H,24,26)/t21-/m0/s1. The highest BCUT2D eigenvalue weighted by Crippen LogP contribution is 2.17. The van der Waals surface area contributed by atoms with Crippen molar-refractivity contribution in [1.82, 2.24) is 4.72 Å². The maximum Gasteiger partial charge on any atom is 0.242 e. The van der Waals surface area contributed by atoms with E-state index in [2.05, 4.69) is 10.0 Å². The Hall–Kier alpha value is -2.67. The summed E-state index contributed by atoms with van der Waals surface area (Å²) >= 11 is 5.85. The fourth-order valence-corrected chi connectivity index (χ4v) is 4.16. The molecule has 0 heterocycles. The van der Waals surface area contributed by atoms with Crippen molar-refractivity contribution in [3.05, 3.63) is 95.0 Å². The van der Waals surface area contributed by atoms with Crippen LogP contribution in [-0.4, -0.2) is 20.4 Å². The van der Waals surface area contributed by atoms with Crippen molar-refractivity contribution in [2.24, 2.45) is 0 Å². The van der Waals surface area contributed by atoms with Gasteiger partial charge in [0.15, 0.2) is 0 Å². The van der Waals surface area contributed by atoms with E-state index >= 15 is 0 Å². The number of nitrogens with one attached hydrogen (secondary N) is 2. The highest BCUT2D eigenvalue weighted by atomic mass is 35.5. The van der Waals surface area contributed by atoms with Crippen molar-refractivity contribution >= 4 is 33.2 Å². The average Bonchev–Trinajstić information content (AvgIpc) is 2.70. The van der Waals surface area contributed by atoms with Gasteiger partial charge in [0.25, 0.3) is 0 Å². The number of sulfonamides is 1. The molecular formula is C22H21ClN2O3S. The molecule has 0 saturated heterocycles. The molecule has 0 bridgehead atoms. The molecule has 29 heavy (non-hydrogen) atoms. The Bertz CT molecular complexity index is 1080. The first-order chi connectivity index (χ1) is 13.8. The number of rotatable bonds is 7. The van der Waals surface area contributed by atoms with Crippen LogP contribution >= 0.6 is 11.6 Å². The first-order valence-corrected chi connectivity index (χ1v) is 10.9. The van der Waals surface area contributed by atoms with Gasteiger partial charge in [0.1, 0.15) is 6.04 Å². The number of carbonyl (C=O) groups is 1. The summed E-state index contributed by atoms with van der Waals surface area (Å²) in [4.78, 5) is 13.0. The second-order valence-corrected chi connectivity index (χ2v) is 8.77.